The molecule has 6 nitrogen and oxygen atoms in total. The minimum Gasteiger partial charge on any atom is -0.481 e. The van der Waals surface area contributed by atoms with Gasteiger partial charge in [-0.1, -0.05) is 25.1 Å². The van der Waals surface area contributed by atoms with Crippen LogP contribution in [0.15, 0.2) is 47.4 Å². The number of halogens is 8. The first-order chi connectivity index (χ1) is 20.8. The predicted octanol–water partition coefficient (Wildman–Crippen LogP) is 6.47. The van der Waals surface area contributed by atoms with Crippen LogP contribution in [0.4, 0.5) is 35.1 Å². The number of carbonyl (C=O) groups excluding carboxylic acids is 1. The van der Waals surface area contributed by atoms with Gasteiger partial charge in [-0.2, -0.15) is 26.3 Å². The Morgan fingerprint density at radius 2 is 1.58 bits per heavy atom. The standard InChI is InChI=1S/C30H29F8NO5S/c1-16-13-18(26(41)42)7-9-20(16)25(40)39-12-11-27(45(43,44)19-5-3-2-4-6-19)21-15-23(31)22(14-17(21)8-10-24(27)39)28(32,29(33,34)35)30(36,37)38/h2-6,14-16,18,20,24H,7-13H2,1H3,(H,41,42)/t16-,18+,20?,24+,27+/m0/s1. The molecule has 45 heavy (non-hydrogen) atoms. The third-order valence-corrected chi connectivity index (χ3v) is 12.3. The molecule has 0 aromatic heterocycles. The summed E-state index contributed by atoms with van der Waals surface area (Å²) in [6.45, 7) is 1.53. The Morgan fingerprint density at radius 3 is 2.13 bits per heavy atom. The molecule has 1 amide bonds. The van der Waals surface area contributed by atoms with Gasteiger partial charge >= 0.3 is 24.0 Å². The van der Waals surface area contributed by atoms with E-state index in [-0.39, 0.29) is 68.0 Å². The predicted molar refractivity (Wildman–Crippen MR) is 143 cm³/mol. The second kappa shape index (κ2) is 10.9. The van der Waals surface area contributed by atoms with Gasteiger partial charge in [0.25, 0.3) is 0 Å². The van der Waals surface area contributed by atoms with E-state index >= 15 is 8.78 Å². The lowest BCUT2D eigenvalue weighted by Crippen LogP contribution is -2.54. The first-order valence-corrected chi connectivity index (χ1v) is 15.8. The molecule has 1 heterocycles. The van der Waals surface area contributed by atoms with Crippen LogP contribution in [0.3, 0.4) is 0 Å². The number of rotatable bonds is 5. The summed E-state index contributed by atoms with van der Waals surface area (Å²) in [5.74, 6) is -5.39. The number of aliphatic carboxylic acids is 1. The summed E-state index contributed by atoms with van der Waals surface area (Å²) >= 11 is 0. The van der Waals surface area contributed by atoms with E-state index in [1.165, 1.54) is 35.2 Å². The molecule has 5 rings (SSSR count). The van der Waals surface area contributed by atoms with Crippen LogP contribution >= 0.6 is 0 Å². The first kappa shape index (κ1) is 33.1. The molecule has 2 aromatic carbocycles. The molecule has 0 spiro atoms. The highest BCUT2D eigenvalue weighted by Gasteiger charge is 2.74. The van der Waals surface area contributed by atoms with Crippen molar-refractivity contribution in [1.29, 1.82) is 0 Å². The van der Waals surface area contributed by atoms with Crippen LogP contribution in [-0.2, 0) is 36.3 Å². The lowest BCUT2D eigenvalue weighted by molar-refractivity contribution is -0.349. The first-order valence-electron chi connectivity index (χ1n) is 14.3. The van der Waals surface area contributed by atoms with Gasteiger partial charge in [0, 0.05) is 18.0 Å². The molecule has 5 atom stereocenters. The van der Waals surface area contributed by atoms with Crippen molar-refractivity contribution < 1.29 is 58.2 Å². The van der Waals surface area contributed by atoms with Crippen LogP contribution in [0.1, 0.15) is 55.7 Å². The number of hydrogen-bond donors (Lipinski definition) is 1. The fourth-order valence-electron chi connectivity index (χ4n) is 7.54. The molecule has 2 aliphatic carbocycles. The lowest BCUT2D eigenvalue weighted by atomic mass is 9.73. The summed E-state index contributed by atoms with van der Waals surface area (Å²) in [6.07, 6.45) is -13.5. The third-order valence-electron chi connectivity index (χ3n) is 9.78. The van der Waals surface area contributed by atoms with Crippen molar-refractivity contribution in [1.82, 2.24) is 4.90 Å². The molecule has 1 saturated carbocycles. The Morgan fingerprint density at radius 1 is 0.956 bits per heavy atom. The largest absolute Gasteiger partial charge is 0.481 e. The van der Waals surface area contributed by atoms with E-state index in [1.54, 1.807) is 6.92 Å². The zero-order valence-electron chi connectivity index (χ0n) is 23.8. The maximum absolute atomic E-state index is 15.5. The molecule has 0 radical (unpaired) electrons. The van der Waals surface area contributed by atoms with Gasteiger partial charge in [-0.15, -0.1) is 0 Å². The number of sulfone groups is 1. The molecule has 1 unspecified atom stereocenters. The van der Waals surface area contributed by atoms with Crippen molar-refractivity contribution in [3.05, 3.63) is 65.0 Å². The van der Waals surface area contributed by atoms with Crippen molar-refractivity contribution in [2.24, 2.45) is 17.8 Å². The van der Waals surface area contributed by atoms with Crippen LogP contribution in [-0.4, -0.2) is 55.2 Å². The average molecular weight is 668 g/mol. The second-order valence-electron chi connectivity index (χ2n) is 12.1. The topological polar surface area (TPSA) is 91.8 Å². The summed E-state index contributed by atoms with van der Waals surface area (Å²) in [7, 11) is -4.60. The van der Waals surface area contributed by atoms with Gasteiger partial charge in [0.05, 0.1) is 16.9 Å². The summed E-state index contributed by atoms with van der Waals surface area (Å²) < 4.78 is 139. The monoisotopic (exact) mass is 667 g/mol. The molecule has 1 saturated heterocycles. The van der Waals surface area contributed by atoms with Crippen LogP contribution in [0, 0.1) is 23.6 Å². The summed E-state index contributed by atoms with van der Waals surface area (Å²) in [5.41, 5.74) is -9.21. The number of carboxylic acids is 1. The molecule has 246 valence electrons. The Kier molecular flexibility index (Phi) is 8.06. The summed E-state index contributed by atoms with van der Waals surface area (Å²) in [5, 5.41) is 9.41. The number of fused-ring (bicyclic) bond motifs is 3. The number of carbonyl (C=O) groups is 2. The van der Waals surface area contributed by atoms with Gasteiger partial charge in [-0.3, -0.25) is 9.59 Å². The molecule has 1 aliphatic heterocycles. The molecule has 3 aliphatic rings. The van der Waals surface area contributed by atoms with Gasteiger partial charge in [-0.05, 0) is 79.8 Å². The molecule has 2 aromatic rings. The van der Waals surface area contributed by atoms with Gasteiger partial charge < -0.3 is 10.0 Å². The number of hydrogen-bond acceptors (Lipinski definition) is 4. The van der Waals surface area contributed by atoms with Crippen molar-refractivity contribution >= 4 is 21.7 Å². The van der Waals surface area contributed by atoms with E-state index in [0.717, 1.165) is 0 Å². The van der Waals surface area contributed by atoms with Gasteiger partial charge in [0.15, 0.2) is 9.84 Å². The highest BCUT2D eigenvalue weighted by atomic mass is 32.2. The molecule has 0 bridgehead atoms. The lowest BCUT2D eigenvalue weighted by Gasteiger charge is -2.44. The Balaban J connectivity index is 1.66. The summed E-state index contributed by atoms with van der Waals surface area (Å²) in [6, 6.07) is 5.97. The third kappa shape index (κ3) is 4.91. The zero-order chi connectivity index (χ0) is 33.3. The van der Waals surface area contributed by atoms with Crippen molar-refractivity contribution in [3.63, 3.8) is 0 Å². The second-order valence-corrected chi connectivity index (χ2v) is 14.3. The van der Waals surface area contributed by atoms with Crippen LogP contribution < -0.4 is 0 Å². The van der Waals surface area contributed by atoms with Crippen LogP contribution in [0.25, 0.3) is 0 Å². The maximum atomic E-state index is 15.5. The number of benzene rings is 2. The number of carboxylic acid groups (broad SMARTS) is 1. The molecule has 15 heteroatoms. The van der Waals surface area contributed by atoms with Crippen LogP contribution in [0.5, 0.6) is 0 Å². The maximum Gasteiger partial charge on any atom is 0.436 e. The van der Waals surface area contributed by atoms with Gasteiger partial charge in [0.1, 0.15) is 10.6 Å². The fourth-order valence-corrected chi connectivity index (χ4v) is 9.92. The van der Waals surface area contributed by atoms with Gasteiger partial charge in [0.2, 0.25) is 5.91 Å². The minimum atomic E-state index is -6.59. The fraction of sp³-hybridized carbons (Fsp3) is 0.533. The number of likely N-dealkylation sites (tertiary alicyclic amines) is 1. The van der Waals surface area contributed by atoms with Gasteiger partial charge in [-0.25, -0.2) is 17.2 Å². The number of nitrogens with zero attached hydrogens (tertiary/aromatic N) is 1. The molecule has 2 fully saturated rings. The average Bonchev–Trinajstić information content (AvgIpc) is 3.37. The number of alkyl halides is 7. The quantitative estimate of drug-likeness (QED) is 0.370. The zero-order valence-corrected chi connectivity index (χ0v) is 24.6. The Labute approximate surface area is 253 Å². The minimum absolute atomic E-state index is 0.115. The van der Waals surface area contributed by atoms with E-state index in [4.69, 9.17) is 0 Å². The molecular formula is C30H29F8NO5S. The van der Waals surface area contributed by atoms with Crippen molar-refractivity contribution in [3.8, 4) is 0 Å². The van der Waals surface area contributed by atoms with Crippen LogP contribution in [0.2, 0.25) is 0 Å². The van der Waals surface area contributed by atoms with Crippen molar-refractivity contribution in [2.75, 3.05) is 6.54 Å². The smallest absolute Gasteiger partial charge is 0.436 e. The van der Waals surface area contributed by atoms with E-state index in [1.807, 2.05) is 0 Å². The molecule has 1 N–H and O–H groups in total. The Hall–Kier alpha value is -3.23. The molecular weight excluding hydrogens is 638 g/mol. The van der Waals surface area contributed by atoms with E-state index in [9.17, 15) is 49.5 Å². The normalized spacial score (nSPS) is 27.5. The highest BCUT2D eigenvalue weighted by Crippen LogP contribution is 2.57. The van der Waals surface area contributed by atoms with E-state index < -0.39 is 84.9 Å². The van der Waals surface area contributed by atoms with E-state index in [0.29, 0.717) is 0 Å². The SMILES string of the molecule is C[C@H]1C[C@H](C(=O)O)CCC1C(=O)N1CC[C@@]2(S(=O)(=O)c3ccccc3)c3cc(F)c(C(F)(C(F)(F)F)C(F)(F)F)cc3CC[C@@H]12. The summed E-state index contributed by atoms with van der Waals surface area (Å²) in [4.78, 5) is 26.5. The van der Waals surface area contributed by atoms with E-state index in [2.05, 4.69) is 0 Å². The number of aryl methyl sites for hydroxylation is 1. The number of amides is 1. The highest BCUT2D eigenvalue weighted by molar-refractivity contribution is 7.92. The van der Waals surface area contributed by atoms with Crippen molar-refractivity contribution in [2.45, 2.75) is 79.2 Å². The Bertz CT molecular complexity index is 1600.